The summed E-state index contributed by atoms with van der Waals surface area (Å²) in [5, 5.41) is 4.70. The summed E-state index contributed by atoms with van der Waals surface area (Å²) in [4.78, 5) is 24.6. The summed E-state index contributed by atoms with van der Waals surface area (Å²) in [7, 11) is 0. The van der Waals surface area contributed by atoms with Gasteiger partial charge < -0.3 is 10.6 Å². The van der Waals surface area contributed by atoms with E-state index in [1.54, 1.807) is 20.8 Å². The molecule has 0 aromatic heterocycles. The van der Waals surface area contributed by atoms with Gasteiger partial charge in [-0.1, -0.05) is 11.6 Å². The quantitative estimate of drug-likeness (QED) is 0.788. The average Bonchev–Trinajstić information content (AvgIpc) is 2.37. The number of anilines is 1. The van der Waals surface area contributed by atoms with E-state index in [-0.39, 0.29) is 5.02 Å². The van der Waals surface area contributed by atoms with E-state index in [4.69, 9.17) is 11.6 Å². The molecule has 0 saturated carbocycles. The lowest BCUT2D eigenvalue weighted by Crippen LogP contribution is -2.51. The molecule has 0 radical (unpaired) electrons. The van der Waals surface area contributed by atoms with Crippen LogP contribution >= 0.6 is 11.6 Å². The van der Waals surface area contributed by atoms with Gasteiger partial charge in [0.15, 0.2) is 0 Å². The molecule has 2 N–H and O–H groups in total. The van der Waals surface area contributed by atoms with Crippen LogP contribution in [0, 0.1) is 5.41 Å². The Morgan fingerprint density at radius 1 is 1.00 bits per heavy atom. The van der Waals surface area contributed by atoms with Gasteiger partial charge in [0.1, 0.15) is 5.41 Å². The second-order valence-corrected chi connectivity index (χ2v) is 7.41. The van der Waals surface area contributed by atoms with Gasteiger partial charge in [-0.2, -0.15) is 13.2 Å². The Hall–Kier alpha value is -1.76. The summed E-state index contributed by atoms with van der Waals surface area (Å²) in [5.74, 6) is -1.44. The zero-order chi connectivity index (χ0) is 18.9. The molecule has 4 nitrogen and oxygen atoms in total. The Kier molecular flexibility index (Phi) is 5.60. The third-order valence-corrected chi connectivity index (χ3v) is 3.39. The van der Waals surface area contributed by atoms with Crippen molar-refractivity contribution in [2.24, 2.45) is 5.41 Å². The smallest absolute Gasteiger partial charge is 0.351 e. The van der Waals surface area contributed by atoms with Crippen LogP contribution in [0.5, 0.6) is 0 Å². The molecule has 134 valence electrons. The van der Waals surface area contributed by atoms with Crippen molar-refractivity contribution < 1.29 is 22.8 Å². The van der Waals surface area contributed by atoms with Crippen LogP contribution in [0.25, 0.3) is 0 Å². The van der Waals surface area contributed by atoms with Crippen LogP contribution < -0.4 is 10.6 Å². The van der Waals surface area contributed by atoms with E-state index in [0.717, 1.165) is 12.1 Å². The van der Waals surface area contributed by atoms with Gasteiger partial charge in [-0.25, -0.2) is 0 Å². The molecular weight excluding hydrogens is 345 g/mol. The Morgan fingerprint density at radius 2 is 1.54 bits per heavy atom. The largest absolute Gasteiger partial charge is 0.418 e. The van der Waals surface area contributed by atoms with Crippen LogP contribution in [0.3, 0.4) is 0 Å². The number of rotatable bonds is 3. The number of benzene rings is 1. The van der Waals surface area contributed by atoms with Crippen LogP contribution in [0.2, 0.25) is 5.02 Å². The van der Waals surface area contributed by atoms with E-state index in [9.17, 15) is 22.8 Å². The van der Waals surface area contributed by atoms with E-state index in [1.165, 1.54) is 19.9 Å². The molecule has 0 bridgehead atoms. The van der Waals surface area contributed by atoms with Gasteiger partial charge in [-0.3, -0.25) is 9.59 Å². The fourth-order valence-corrected chi connectivity index (χ4v) is 1.91. The average molecular weight is 365 g/mol. The normalized spacial score (nSPS) is 12.7. The zero-order valence-corrected chi connectivity index (χ0v) is 14.8. The lowest BCUT2D eigenvalue weighted by Gasteiger charge is -2.29. The minimum Gasteiger partial charge on any atom is -0.351 e. The summed E-state index contributed by atoms with van der Waals surface area (Å²) < 4.78 is 39.2. The molecule has 0 atom stereocenters. The highest BCUT2D eigenvalue weighted by Gasteiger charge is 2.40. The van der Waals surface area contributed by atoms with Crippen molar-refractivity contribution in [1.29, 1.82) is 0 Å². The van der Waals surface area contributed by atoms with Gasteiger partial charge in [-0.05, 0) is 52.8 Å². The second-order valence-electron chi connectivity index (χ2n) is 6.97. The molecule has 0 unspecified atom stereocenters. The van der Waals surface area contributed by atoms with Crippen LogP contribution in [-0.4, -0.2) is 17.4 Å². The maximum absolute atomic E-state index is 13.1. The number of hydrogen-bond acceptors (Lipinski definition) is 2. The number of carbonyl (C=O) groups is 2. The van der Waals surface area contributed by atoms with Crippen molar-refractivity contribution in [3.05, 3.63) is 28.8 Å². The fourth-order valence-electron chi connectivity index (χ4n) is 1.74. The minimum atomic E-state index is -4.69. The Labute approximate surface area is 143 Å². The lowest BCUT2D eigenvalue weighted by atomic mass is 9.89. The highest BCUT2D eigenvalue weighted by atomic mass is 35.5. The molecule has 8 heteroatoms. The zero-order valence-electron chi connectivity index (χ0n) is 14.1. The van der Waals surface area contributed by atoms with E-state index in [2.05, 4.69) is 10.6 Å². The standard InChI is InChI=1S/C16H20ClF3N2O2/c1-14(2,3)22-13(24)15(4,5)12(23)21-11-7-6-9(17)8-10(11)16(18,19)20/h6-8H,1-5H3,(H,21,23)(H,22,24). The molecule has 0 heterocycles. The first-order valence-corrected chi connectivity index (χ1v) is 7.53. The van der Waals surface area contributed by atoms with Gasteiger partial charge in [0.05, 0.1) is 11.3 Å². The molecule has 0 aliphatic rings. The molecule has 2 amide bonds. The molecule has 0 fully saturated rings. The minimum absolute atomic E-state index is 0.106. The van der Waals surface area contributed by atoms with Crippen molar-refractivity contribution in [3.63, 3.8) is 0 Å². The molecule has 0 aliphatic heterocycles. The number of hydrogen-bond donors (Lipinski definition) is 2. The highest BCUT2D eigenvalue weighted by molar-refractivity contribution is 6.30. The van der Waals surface area contributed by atoms with Crippen LogP contribution in [0.1, 0.15) is 40.2 Å². The highest BCUT2D eigenvalue weighted by Crippen LogP contribution is 2.37. The number of halogens is 4. The molecule has 1 rings (SSSR count). The van der Waals surface area contributed by atoms with Crippen molar-refractivity contribution in [1.82, 2.24) is 5.32 Å². The SMILES string of the molecule is CC(C)(C)NC(=O)C(C)(C)C(=O)Nc1ccc(Cl)cc1C(F)(F)F. The molecule has 0 aliphatic carbocycles. The first kappa shape index (κ1) is 20.3. The van der Waals surface area contributed by atoms with Crippen LogP contribution in [0.15, 0.2) is 18.2 Å². The maximum atomic E-state index is 13.1. The molecule has 1 aromatic rings. The van der Waals surface area contributed by atoms with Crippen molar-refractivity contribution in [2.75, 3.05) is 5.32 Å². The molecule has 24 heavy (non-hydrogen) atoms. The number of nitrogens with one attached hydrogen (secondary N) is 2. The topological polar surface area (TPSA) is 58.2 Å². The fraction of sp³-hybridized carbons (Fsp3) is 0.500. The van der Waals surface area contributed by atoms with Crippen molar-refractivity contribution >= 4 is 29.1 Å². The third kappa shape index (κ3) is 5.12. The second kappa shape index (κ2) is 6.63. The summed E-state index contributed by atoms with van der Waals surface area (Å²) >= 11 is 5.60. The number of alkyl halides is 3. The van der Waals surface area contributed by atoms with E-state index in [1.807, 2.05) is 0 Å². The summed E-state index contributed by atoms with van der Waals surface area (Å²) in [6.45, 7) is 7.89. The van der Waals surface area contributed by atoms with E-state index >= 15 is 0 Å². The van der Waals surface area contributed by atoms with Gasteiger partial charge in [0, 0.05) is 10.6 Å². The summed E-state index contributed by atoms with van der Waals surface area (Å²) in [6, 6.07) is 3.01. The maximum Gasteiger partial charge on any atom is 0.418 e. The monoisotopic (exact) mass is 364 g/mol. The van der Waals surface area contributed by atoms with Crippen LogP contribution in [0.4, 0.5) is 18.9 Å². The van der Waals surface area contributed by atoms with Crippen molar-refractivity contribution in [2.45, 2.75) is 46.3 Å². The van der Waals surface area contributed by atoms with Crippen LogP contribution in [-0.2, 0) is 15.8 Å². The van der Waals surface area contributed by atoms with Gasteiger partial charge in [-0.15, -0.1) is 0 Å². The predicted octanol–water partition coefficient (Wildman–Crippen LogP) is 4.24. The summed E-state index contributed by atoms with van der Waals surface area (Å²) in [6.07, 6.45) is -4.69. The van der Waals surface area contributed by atoms with Crippen molar-refractivity contribution in [3.8, 4) is 0 Å². The molecular formula is C16H20ClF3N2O2. The third-order valence-electron chi connectivity index (χ3n) is 3.16. The molecule has 0 saturated heterocycles. The Morgan fingerprint density at radius 3 is 2.00 bits per heavy atom. The Bertz CT molecular complexity index is 650. The molecule has 0 spiro atoms. The number of carbonyl (C=O) groups excluding carboxylic acids is 2. The summed E-state index contributed by atoms with van der Waals surface area (Å²) in [5.41, 5.74) is -3.66. The van der Waals surface area contributed by atoms with Gasteiger partial charge in [0.2, 0.25) is 11.8 Å². The van der Waals surface area contributed by atoms with E-state index in [0.29, 0.717) is 0 Å². The first-order valence-electron chi connectivity index (χ1n) is 7.15. The first-order chi connectivity index (χ1) is 10.6. The Balaban J connectivity index is 3.09. The van der Waals surface area contributed by atoms with Gasteiger partial charge >= 0.3 is 6.18 Å². The lowest BCUT2D eigenvalue weighted by molar-refractivity contribution is -0.139. The molecule has 1 aromatic carbocycles. The number of amides is 2. The van der Waals surface area contributed by atoms with E-state index < -0.39 is 40.2 Å². The van der Waals surface area contributed by atoms with Gasteiger partial charge in [0.25, 0.3) is 0 Å². The predicted molar refractivity (Wildman–Crippen MR) is 86.8 cm³/mol.